The second-order valence-electron chi connectivity index (χ2n) is 8.09. The normalized spacial score (nSPS) is 19.0. The van der Waals surface area contributed by atoms with Gasteiger partial charge in [-0.2, -0.15) is 5.10 Å². The fraction of sp³-hybridized carbons (Fsp3) is 0.450. The number of nitrogens with zero attached hydrogens (tertiary/aromatic N) is 2. The van der Waals surface area contributed by atoms with Crippen LogP contribution in [-0.4, -0.2) is 40.2 Å². The Hall–Kier alpha value is -2.38. The summed E-state index contributed by atoms with van der Waals surface area (Å²) in [6.07, 6.45) is 3.77. The van der Waals surface area contributed by atoms with Crippen LogP contribution in [0.2, 0.25) is 0 Å². The lowest BCUT2D eigenvalue weighted by Gasteiger charge is -2.21. The molecule has 0 bridgehead atoms. The van der Waals surface area contributed by atoms with Crippen LogP contribution < -0.4 is 16.0 Å². The molecule has 2 amide bonds. The summed E-state index contributed by atoms with van der Waals surface area (Å²) in [6.45, 7) is 7.17. The first-order chi connectivity index (χ1) is 12.7. The molecule has 3 N–H and O–H groups in total. The van der Waals surface area contributed by atoms with Crippen molar-refractivity contribution in [2.24, 2.45) is 13.0 Å². The molecule has 1 fully saturated rings. The van der Waals surface area contributed by atoms with E-state index in [0.29, 0.717) is 17.8 Å². The van der Waals surface area contributed by atoms with Gasteiger partial charge in [0.1, 0.15) is 0 Å². The molecule has 1 aromatic heterocycles. The van der Waals surface area contributed by atoms with E-state index < -0.39 is 0 Å². The summed E-state index contributed by atoms with van der Waals surface area (Å²) < 4.78 is 1.75. The number of carbonyl (C=O) groups is 2. The highest BCUT2D eigenvalue weighted by Gasteiger charge is 2.34. The van der Waals surface area contributed by atoms with E-state index in [0.717, 1.165) is 12.1 Å². The fourth-order valence-electron chi connectivity index (χ4n) is 3.32. The topological polar surface area (TPSA) is 88.0 Å². The number of rotatable bonds is 4. The standard InChI is InChI=1S/C20H27N5O2.ClH/c1-20(2,3)24-18(26)13-6-5-7-15(8-13)23-19(27)17-11-21-10-16(17)14-9-22-25(4)12-14;/h5-9,12,16-17,21H,10-11H2,1-4H3,(H,23,27)(H,24,26);1H/t16-,17+;/m1./s1. The molecule has 3 rings (SSSR count). The van der Waals surface area contributed by atoms with Crippen molar-refractivity contribution in [2.75, 3.05) is 18.4 Å². The first-order valence-electron chi connectivity index (χ1n) is 9.15. The van der Waals surface area contributed by atoms with Crippen LogP contribution in [0, 0.1) is 5.92 Å². The number of carbonyl (C=O) groups excluding carboxylic acids is 2. The van der Waals surface area contributed by atoms with E-state index in [2.05, 4.69) is 21.0 Å². The van der Waals surface area contributed by atoms with Crippen LogP contribution in [0.5, 0.6) is 0 Å². The van der Waals surface area contributed by atoms with Gasteiger partial charge in [-0.25, -0.2) is 0 Å². The maximum Gasteiger partial charge on any atom is 0.251 e. The van der Waals surface area contributed by atoms with Crippen molar-refractivity contribution in [2.45, 2.75) is 32.2 Å². The van der Waals surface area contributed by atoms with E-state index in [1.807, 2.05) is 40.2 Å². The summed E-state index contributed by atoms with van der Waals surface area (Å²) >= 11 is 0. The van der Waals surface area contributed by atoms with Crippen molar-refractivity contribution in [3.8, 4) is 0 Å². The Morgan fingerprint density at radius 1 is 1.25 bits per heavy atom. The Bertz CT molecular complexity index is 843. The lowest BCUT2D eigenvalue weighted by molar-refractivity contribution is -0.119. The largest absolute Gasteiger partial charge is 0.347 e. The van der Waals surface area contributed by atoms with Crippen LogP contribution in [0.15, 0.2) is 36.7 Å². The molecule has 0 unspecified atom stereocenters. The molecular weight excluding hydrogens is 378 g/mol. The van der Waals surface area contributed by atoms with Gasteiger partial charge in [-0.3, -0.25) is 14.3 Å². The molecule has 152 valence electrons. The van der Waals surface area contributed by atoms with Gasteiger partial charge in [-0.1, -0.05) is 6.07 Å². The van der Waals surface area contributed by atoms with Gasteiger partial charge >= 0.3 is 0 Å². The van der Waals surface area contributed by atoms with Crippen molar-refractivity contribution >= 4 is 29.9 Å². The van der Waals surface area contributed by atoms with E-state index in [1.54, 1.807) is 28.9 Å². The minimum absolute atomic E-state index is 0. The highest BCUT2D eigenvalue weighted by Crippen LogP contribution is 2.29. The molecule has 0 saturated carbocycles. The third kappa shape index (κ3) is 5.33. The molecular formula is C20H28ClN5O2. The molecule has 28 heavy (non-hydrogen) atoms. The molecule has 1 aromatic carbocycles. The molecule has 2 atom stereocenters. The number of benzene rings is 1. The Morgan fingerprint density at radius 2 is 2.00 bits per heavy atom. The number of nitrogens with one attached hydrogen (secondary N) is 3. The van der Waals surface area contributed by atoms with E-state index in [1.165, 1.54) is 0 Å². The van der Waals surface area contributed by atoms with Gasteiger partial charge in [0.05, 0.1) is 12.1 Å². The number of hydrogen-bond donors (Lipinski definition) is 3. The molecule has 1 aliphatic heterocycles. The fourth-order valence-corrected chi connectivity index (χ4v) is 3.32. The van der Waals surface area contributed by atoms with Gasteiger partial charge in [-0.05, 0) is 44.5 Å². The second kappa shape index (κ2) is 8.75. The predicted octanol–water partition coefficient (Wildman–Crippen LogP) is 2.31. The van der Waals surface area contributed by atoms with Crippen LogP contribution in [0.1, 0.15) is 42.6 Å². The van der Waals surface area contributed by atoms with Crippen LogP contribution in [0.3, 0.4) is 0 Å². The Kier molecular flexibility index (Phi) is 6.85. The van der Waals surface area contributed by atoms with Crippen molar-refractivity contribution in [1.29, 1.82) is 0 Å². The summed E-state index contributed by atoms with van der Waals surface area (Å²) in [5.74, 6) is -0.302. The maximum atomic E-state index is 12.8. The zero-order valence-electron chi connectivity index (χ0n) is 16.7. The Balaban J connectivity index is 0.00000280. The van der Waals surface area contributed by atoms with Gasteiger partial charge in [0.15, 0.2) is 0 Å². The number of hydrogen-bond acceptors (Lipinski definition) is 4. The molecule has 0 radical (unpaired) electrons. The van der Waals surface area contributed by atoms with Crippen LogP contribution in [0.4, 0.5) is 5.69 Å². The van der Waals surface area contributed by atoms with Gasteiger partial charge in [0.2, 0.25) is 5.91 Å². The summed E-state index contributed by atoms with van der Waals surface area (Å²) in [5.41, 5.74) is 1.89. The summed E-state index contributed by atoms with van der Waals surface area (Å²) in [5, 5.41) is 13.4. The lowest BCUT2D eigenvalue weighted by Crippen LogP contribution is -2.40. The highest BCUT2D eigenvalue weighted by atomic mass is 35.5. The monoisotopic (exact) mass is 405 g/mol. The van der Waals surface area contributed by atoms with E-state index >= 15 is 0 Å². The number of halogens is 1. The van der Waals surface area contributed by atoms with Gasteiger partial charge < -0.3 is 16.0 Å². The molecule has 1 saturated heterocycles. The second-order valence-corrected chi connectivity index (χ2v) is 8.09. The van der Waals surface area contributed by atoms with Gasteiger partial charge in [-0.15, -0.1) is 12.4 Å². The van der Waals surface area contributed by atoms with Crippen molar-refractivity contribution in [3.05, 3.63) is 47.8 Å². The summed E-state index contributed by atoms with van der Waals surface area (Å²) in [6, 6.07) is 7.03. The zero-order valence-corrected chi connectivity index (χ0v) is 17.5. The minimum atomic E-state index is -0.317. The van der Waals surface area contributed by atoms with Crippen molar-refractivity contribution < 1.29 is 9.59 Å². The first kappa shape index (κ1) is 21.9. The molecule has 1 aliphatic rings. The van der Waals surface area contributed by atoms with Crippen molar-refractivity contribution in [3.63, 3.8) is 0 Å². The average molecular weight is 406 g/mol. The van der Waals surface area contributed by atoms with Crippen LogP contribution in [-0.2, 0) is 11.8 Å². The van der Waals surface area contributed by atoms with Crippen LogP contribution in [0.25, 0.3) is 0 Å². The average Bonchev–Trinajstić information content (AvgIpc) is 3.22. The number of aromatic nitrogens is 2. The summed E-state index contributed by atoms with van der Waals surface area (Å²) in [4.78, 5) is 25.2. The van der Waals surface area contributed by atoms with E-state index in [9.17, 15) is 9.59 Å². The van der Waals surface area contributed by atoms with E-state index in [-0.39, 0.29) is 41.6 Å². The molecule has 8 heteroatoms. The highest BCUT2D eigenvalue weighted by molar-refractivity contribution is 5.98. The van der Waals surface area contributed by atoms with Gasteiger partial charge in [0.25, 0.3) is 5.91 Å². The zero-order chi connectivity index (χ0) is 19.6. The van der Waals surface area contributed by atoms with Gasteiger partial charge in [0, 0.05) is 49.0 Å². The molecule has 0 spiro atoms. The quantitative estimate of drug-likeness (QED) is 0.728. The maximum absolute atomic E-state index is 12.8. The molecule has 7 nitrogen and oxygen atoms in total. The molecule has 0 aliphatic carbocycles. The van der Waals surface area contributed by atoms with Crippen molar-refractivity contribution in [1.82, 2.24) is 20.4 Å². The number of amides is 2. The third-order valence-electron chi connectivity index (χ3n) is 4.58. The Morgan fingerprint density at radius 3 is 2.64 bits per heavy atom. The molecule has 2 heterocycles. The first-order valence-corrected chi connectivity index (χ1v) is 9.15. The Labute approximate surface area is 171 Å². The number of aryl methyl sites for hydroxylation is 1. The third-order valence-corrected chi connectivity index (χ3v) is 4.58. The minimum Gasteiger partial charge on any atom is -0.347 e. The molecule has 2 aromatic rings. The van der Waals surface area contributed by atoms with E-state index in [4.69, 9.17) is 0 Å². The smallest absolute Gasteiger partial charge is 0.251 e. The number of anilines is 1. The SMILES string of the molecule is Cl.Cn1cc([C@H]2CNC[C@@H]2C(=O)Nc2cccc(C(=O)NC(C)(C)C)c2)cn1. The predicted molar refractivity (Wildman–Crippen MR) is 112 cm³/mol. The summed E-state index contributed by atoms with van der Waals surface area (Å²) in [7, 11) is 1.87. The van der Waals surface area contributed by atoms with Crippen LogP contribution >= 0.6 is 12.4 Å². The lowest BCUT2D eigenvalue weighted by atomic mass is 9.90.